The maximum Gasteiger partial charge on any atom is 0.244 e. The molecule has 11 heteroatoms. The molecule has 2 amide bonds. The number of hydrogen-bond acceptors (Lipinski definition) is 6. The number of nitrogens with one attached hydrogen (secondary N) is 1. The zero-order valence-electron chi connectivity index (χ0n) is 21.7. The van der Waals surface area contributed by atoms with E-state index in [0.717, 1.165) is 35.6 Å². The molecular weight excluding hydrogens is 530 g/mol. The maximum absolute atomic E-state index is 13.8. The number of sulfonamides is 1. The molecule has 2 aliphatic rings. The summed E-state index contributed by atoms with van der Waals surface area (Å²) >= 11 is 6.03. The fourth-order valence-corrected chi connectivity index (χ4v) is 5.85. The molecule has 1 unspecified atom stereocenters. The van der Waals surface area contributed by atoms with Crippen LogP contribution in [-0.2, 0) is 26.2 Å². The number of amides is 2. The second kappa shape index (κ2) is 12.3. The Morgan fingerprint density at radius 1 is 1.05 bits per heavy atom. The van der Waals surface area contributed by atoms with E-state index in [1.807, 2.05) is 0 Å². The Labute approximate surface area is 229 Å². The van der Waals surface area contributed by atoms with Crippen LogP contribution in [0.3, 0.4) is 0 Å². The monoisotopic (exact) mass is 563 g/mol. The lowest BCUT2D eigenvalue weighted by molar-refractivity contribution is -0.139. The quantitative estimate of drug-likeness (QED) is 0.472. The highest BCUT2D eigenvalue weighted by atomic mass is 35.5. The average Bonchev–Trinajstić information content (AvgIpc) is 3.43. The van der Waals surface area contributed by atoms with Crippen LogP contribution in [0.1, 0.15) is 45.1 Å². The molecule has 2 aromatic carbocycles. The Morgan fingerprint density at radius 2 is 1.71 bits per heavy atom. The number of ether oxygens (including phenoxy) is 2. The summed E-state index contributed by atoms with van der Waals surface area (Å²) in [6.45, 7) is 3.59. The van der Waals surface area contributed by atoms with Crippen LogP contribution in [0.2, 0.25) is 5.02 Å². The van der Waals surface area contributed by atoms with E-state index in [9.17, 15) is 18.0 Å². The molecule has 1 N–H and O–H groups in total. The van der Waals surface area contributed by atoms with Gasteiger partial charge in [0.15, 0.2) is 11.5 Å². The number of benzene rings is 2. The maximum atomic E-state index is 13.8. The van der Waals surface area contributed by atoms with Gasteiger partial charge in [-0.3, -0.25) is 13.9 Å². The van der Waals surface area contributed by atoms with Gasteiger partial charge in [-0.1, -0.05) is 36.6 Å². The number of carbonyl (C=O) groups is 2. The van der Waals surface area contributed by atoms with Crippen LogP contribution < -0.4 is 19.1 Å². The normalized spacial score (nSPS) is 16.1. The molecule has 4 rings (SSSR count). The van der Waals surface area contributed by atoms with Crippen LogP contribution in [0.5, 0.6) is 11.5 Å². The van der Waals surface area contributed by atoms with Crippen molar-refractivity contribution in [3.63, 3.8) is 0 Å². The van der Waals surface area contributed by atoms with Gasteiger partial charge in [0, 0.05) is 23.7 Å². The lowest BCUT2D eigenvalue weighted by Gasteiger charge is -2.32. The van der Waals surface area contributed by atoms with Gasteiger partial charge in [-0.2, -0.15) is 0 Å². The molecule has 1 atom stereocenters. The molecule has 1 heterocycles. The number of fused-ring (bicyclic) bond motifs is 1. The van der Waals surface area contributed by atoms with Gasteiger partial charge in [-0.25, -0.2) is 8.42 Å². The Morgan fingerprint density at radius 3 is 2.37 bits per heavy atom. The first kappa shape index (κ1) is 28.0. The second-order valence-corrected chi connectivity index (χ2v) is 12.2. The van der Waals surface area contributed by atoms with Crippen LogP contribution >= 0.6 is 11.6 Å². The molecule has 1 saturated carbocycles. The van der Waals surface area contributed by atoms with Crippen molar-refractivity contribution in [1.29, 1.82) is 0 Å². The van der Waals surface area contributed by atoms with Crippen molar-refractivity contribution in [3.05, 3.63) is 53.1 Å². The lowest BCUT2D eigenvalue weighted by Crippen LogP contribution is -2.52. The van der Waals surface area contributed by atoms with Crippen molar-refractivity contribution in [2.24, 2.45) is 0 Å². The number of hydrogen-bond donors (Lipinski definition) is 1. The molecule has 206 valence electrons. The Hall–Kier alpha value is -2.98. The zero-order valence-corrected chi connectivity index (χ0v) is 23.3. The van der Waals surface area contributed by atoms with Crippen LogP contribution in [0.15, 0.2) is 42.5 Å². The fourth-order valence-electron chi connectivity index (χ4n) is 4.67. The van der Waals surface area contributed by atoms with Crippen molar-refractivity contribution in [3.8, 4) is 11.5 Å². The van der Waals surface area contributed by atoms with Crippen molar-refractivity contribution in [2.75, 3.05) is 29.8 Å². The van der Waals surface area contributed by atoms with E-state index in [4.69, 9.17) is 21.1 Å². The third-order valence-electron chi connectivity index (χ3n) is 6.93. The van der Waals surface area contributed by atoms with Gasteiger partial charge in [0.2, 0.25) is 21.8 Å². The first-order valence-electron chi connectivity index (χ1n) is 12.9. The molecule has 1 aliphatic heterocycles. The van der Waals surface area contributed by atoms with Crippen LogP contribution in [0.25, 0.3) is 0 Å². The van der Waals surface area contributed by atoms with Crippen LogP contribution in [0, 0.1) is 0 Å². The number of halogens is 1. The summed E-state index contributed by atoms with van der Waals surface area (Å²) in [5.41, 5.74) is 1.06. The minimum atomic E-state index is -3.84. The van der Waals surface area contributed by atoms with Gasteiger partial charge >= 0.3 is 0 Å². The molecule has 0 spiro atoms. The number of rotatable bonds is 10. The van der Waals surface area contributed by atoms with Gasteiger partial charge in [0.1, 0.15) is 25.8 Å². The summed E-state index contributed by atoms with van der Waals surface area (Å²) < 4.78 is 38.5. The largest absolute Gasteiger partial charge is 0.486 e. The summed E-state index contributed by atoms with van der Waals surface area (Å²) in [7, 11) is -3.84. The third-order valence-corrected chi connectivity index (χ3v) is 8.92. The van der Waals surface area contributed by atoms with E-state index in [0.29, 0.717) is 35.4 Å². The van der Waals surface area contributed by atoms with Gasteiger partial charge in [-0.05, 0) is 56.5 Å². The van der Waals surface area contributed by atoms with Crippen molar-refractivity contribution in [1.82, 2.24) is 10.2 Å². The van der Waals surface area contributed by atoms with E-state index in [-0.39, 0.29) is 24.2 Å². The number of anilines is 1. The summed E-state index contributed by atoms with van der Waals surface area (Å²) in [5.74, 6) is -0.0326. The van der Waals surface area contributed by atoms with Crippen molar-refractivity contribution in [2.45, 2.75) is 58.2 Å². The van der Waals surface area contributed by atoms with Crippen molar-refractivity contribution >= 4 is 39.1 Å². The highest BCUT2D eigenvalue weighted by Crippen LogP contribution is 2.35. The SMILES string of the molecule is CCS(=O)(=O)N(CC(=O)N(Cc1ccc(Cl)cc1)C(C)C(=O)NC1CCCC1)c1ccc2c(c1)OCCO2. The zero-order chi connectivity index (χ0) is 27.3. The second-order valence-electron chi connectivity index (χ2n) is 9.55. The Kier molecular flexibility index (Phi) is 9.04. The Balaban J connectivity index is 1.61. The minimum absolute atomic E-state index is 0.0899. The molecule has 1 fully saturated rings. The lowest BCUT2D eigenvalue weighted by atomic mass is 10.1. The standard InChI is InChI=1S/C27H34ClN3O6S/c1-3-38(34,35)31(23-12-13-24-25(16-23)37-15-14-36-24)18-26(32)30(17-20-8-10-21(28)11-9-20)19(2)27(33)29-22-6-4-5-7-22/h8-13,16,19,22H,3-7,14-15,17-18H2,1-2H3,(H,29,33). The summed E-state index contributed by atoms with van der Waals surface area (Å²) in [4.78, 5) is 28.4. The predicted octanol–water partition coefficient (Wildman–Crippen LogP) is 3.74. The highest BCUT2D eigenvalue weighted by molar-refractivity contribution is 7.92. The van der Waals surface area contributed by atoms with Gasteiger partial charge in [0.05, 0.1) is 11.4 Å². The van der Waals surface area contributed by atoms with E-state index >= 15 is 0 Å². The molecule has 0 bridgehead atoms. The molecule has 0 aromatic heterocycles. The summed E-state index contributed by atoms with van der Waals surface area (Å²) in [6, 6.07) is 11.1. The molecule has 9 nitrogen and oxygen atoms in total. The van der Waals surface area contributed by atoms with E-state index in [2.05, 4.69) is 5.32 Å². The van der Waals surface area contributed by atoms with Gasteiger partial charge < -0.3 is 19.7 Å². The van der Waals surface area contributed by atoms with Crippen molar-refractivity contribution < 1.29 is 27.5 Å². The molecular formula is C27H34ClN3O6S. The highest BCUT2D eigenvalue weighted by Gasteiger charge is 2.32. The summed E-state index contributed by atoms with van der Waals surface area (Å²) in [5, 5.41) is 3.61. The fraction of sp³-hybridized carbons (Fsp3) is 0.481. The van der Waals surface area contributed by atoms with E-state index in [1.165, 1.54) is 11.8 Å². The topological polar surface area (TPSA) is 105 Å². The van der Waals surface area contributed by atoms with Gasteiger partial charge in [0.25, 0.3) is 0 Å². The smallest absolute Gasteiger partial charge is 0.244 e. The third kappa shape index (κ3) is 6.71. The molecule has 0 saturated heterocycles. The van der Waals surface area contributed by atoms with Crippen LogP contribution in [0.4, 0.5) is 5.69 Å². The predicted molar refractivity (Wildman–Crippen MR) is 146 cm³/mol. The average molecular weight is 564 g/mol. The first-order chi connectivity index (χ1) is 18.2. The van der Waals surface area contributed by atoms with E-state index < -0.39 is 28.5 Å². The minimum Gasteiger partial charge on any atom is -0.486 e. The van der Waals surface area contributed by atoms with Crippen LogP contribution in [-0.4, -0.2) is 62.7 Å². The van der Waals surface area contributed by atoms with Gasteiger partial charge in [-0.15, -0.1) is 0 Å². The molecule has 0 radical (unpaired) electrons. The first-order valence-corrected chi connectivity index (χ1v) is 14.9. The summed E-state index contributed by atoms with van der Waals surface area (Å²) in [6.07, 6.45) is 3.95. The molecule has 2 aromatic rings. The number of nitrogens with zero attached hydrogens (tertiary/aromatic N) is 2. The molecule has 1 aliphatic carbocycles. The molecule has 38 heavy (non-hydrogen) atoms. The van der Waals surface area contributed by atoms with E-state index in [1.54, 1.807) is 49.4 Å². The Bertz CT molecular complexity index is 1250. The number of carbonyl (C=O) groups excluding carboxylic acids is 2.